The molecule has 0 saturated carbocycles. The Hall–Kier alpha value is -3.94. The zero-order chi connectivity index (χ0) is 35.8. The Morgan fingerprint density at radius 1 is 0.809 bits per heavy atom. The Balaban J connectivity index is 2.17. The van der Waals surface area contributed by atoms with Crippen LogP contribution in [0.15, 0.2) is 48.5 Å². The third kappa shape index (κ3) is 10.3. The zero-order valence-corrected chi connectivity index (χ0v) is 23.8. The van der Waals surface area contributed by atoms with E-state index in [9.17, 15) is 67.4 Å². The van der Waals surface area contributed by atoms with E-state index >= 15 is 0 Å². The molecule has 2 aromatic carbocycles. The molecule has 2 rings (SSSR count). The second-order valence-electron chi connectivity index (χ2n) is 9.37. The Morgan fingerprint density at radius 2 is 1.40 bits per heavy atom. The number of halogens is 12. The number of hydrogen-bond donors (Lipinski definition) is 1. The van der Waals surface area contributed by atoms with Gasteiger partial charge in [0.05, 0.1) is 18.7 Å². The van der Waals surface area contributed by atoms with Crippen molar-refractivity contribution in [3.63, 3.8) is 0 Å². The number of carboxylic acid groups (broad SMARTS) is 1. The van der Waals surface area contributed by atoms with Gasteiger partial charge in [0, 0.05) is 19.6 Å². The molecule has 1 unspecified atom stereocenters. The van der Waals surface area contributed by atoms with Crippen LogP contribution in [0.1, 0.15) is 18.1 Å². The second-order valence-corrected chi connectivity index (χ2v) is 9.37. The van der Waals surface area contributed by atoms with Crippen LogP contribution in [0.4, 0.5) is 57.5 Å². The predicted octanol–water partition coefficient (Wildman–Crippen LogP) is 7.06. The maximum Gasteiger partial charge on any atom is 0.460 e. The van der Waals surface area contributed by atoms with Gasteiger partial charge in [-0.3, -0.25) is 0 Å². The minimum Gasteiger partial charge on any atom is -0.492 e. The van der Waals surface area contributed by atoms with Gasteiger partial charge in [-0.2, -0.15) is 52.7 Å². The van der Waals surface area contributed by atoms with Crippen molar-refractivity contribution in [3.05, 3.63) is 59.7 Å². The van der Waals surface area contributed by atoms with E-state index in [-0.39, 0.29) is 18.8 Å². The van der Waals surface area contributed by atoms with Gasteiger partial charge in [-0.05, 0) is 42.8 Å². The molecule has 0 aliphatic heterocycles. The number of aliphatic carboxylic acids is 1. The fourth-order valence-corrected chi connectivity index (χ4v) is 3.56. The van der Waals surface area contributed by atoms with Crippen molar-refractivity contribution in [2.75, 3.05) is 32.9 Å². The van der Waals surface area contributed by atoms with Crippen molar-refractivity contribution in [1.82, 2.24) is 4.90 Å². The molecular formula is C27H25F12NO7. The molecule has 8 nitrogen and oxygen atoms in total. The molecule has 0 bridgehead atoms. The van der Waals surface area contributed by atoms with Gasteiger partial charge >= 0.3 is 42.4 Å². The monoisotopic (exact) mass is 703 g/mol. The Kier molecular flexibility index (Phi) is 12.8. The van der Waals surface area contributed by atoms with Crippen LogP contribution in [-0.2, 0) is 26.9 Å². The number of ether oxygens (including phenoxy) is 4. The third-order valence-electron chi connectivity index (χ3n) is 6.00. The highest BCUT2D eigenvalue weighted by Crippen LogP contribution is 2.53. The lowest BCUT2D eigenvalue weighted by Crippen LogP contribution is -2.62. The first-order chi connectivity index (χ1) is 21.5. The van der Waals surface area contributed by atoms with Crippen molar-refractivity contribution in [1.29, 1.82) is 0 Å². The van der Waals surface area contributed by atoms with Crippen molar-refractivity contribution in [2.24, 2.45) is 0 Å². The number of alkyl halides is 12. The summed E-state index contributed by atoms with van der Waals surface area (Å²) < 4.78 is 176. The van der Waals surface area contributed by atoms with Gasteiger partial charge in [0.15, 0.2) is 6.10 Å². The van der Waals surface area contributed by atoms with E-state index in [1.54, 1.807) is 6.92 Å². The maximum atomic E-state index is 13.8. The summed E-state index contributed by atoms with van der Waals surface area (Å²) in [5.41, 5.74) is -0.775. The fourth-order valence-electron chi connectivity index (χ4n) is 3.56. The van der Waals surface area contributed by atoms with E-state index < -0.39 is 86.1 Å². The SMILES string of the molecule is CCOC(Cc1ccc(OCCN(CCOC(F)(F)C(F)(F)C(F)(F)C(F)(F)F)C(=O)Oc2cccc(C(F)(F)F)c2)cc1)C(=O)O. The Bertz CT molecular complexity index is 1330. The van der Waals surface area contributed by atoms with Crippen LogP contribution < -0.4 is 9.47 Å². The maximum absolute atomic E-state index is 13.8. The van der Waals surface area contributed by atoms with Crippen molar-refractivity contribution >= 4 is 12.1 Å². The average molecular weight is 703 g/mol. The lowest BCUT2D eigenvalue weighted by molar-refractivity contribution is -0.443. The van der Waals surface area contributed by atoms with Crippen LogP contribution in [-0.4, -0.2) is 85.2 Å². The normalized spacial score (nSPS) is 13.6. The van der Waals surface area contributed by atoms with Gasteiger partial charge in [0.25, 0.3) is 0 Å². The van der Waals surface area contributed by atoms with Crippen LogP contribution in [0.2, 0.25) is 0 Å². The summed E-state index contributed by atoms with van der Waals surface area (Å²) in [6.07, 6.45) is -21.2. The summed E-state index contributed by atoms with van der Waals surface area (Å²) in [6.45, 7) is -2.56. The van der Waals surface area contributed by atoms with Crippen molar-refractivity contribution in [2.45, 2.75) is 49.8 Å². The van der Waals surface area contributed by atoms with Crippen LogP contribution in [0, 0.1) is 0 Å². The topological polar surface area (TPSA) is 94.5 Å². The van der Waals surface area contributed by atoms with Crippen LogP contribution in [0.3, 0.4) is 0 Å². The molecular weight excluding hydrogens is 678 g/mol. The molecule has 0 fully saturated rings. The summed E-state index contributed by atoms with van der Waals surface area (Å²) in [7, 11) is 0. The third-order valence-corrected chi connectivity index (χ3v) is 6.00. The molecule has 1 atom stereocenters. The number of carboxylic acids is 1. The summed E-state index contributed by atoms with van der Waals surface area (Å²) in [4.78, 5) is 24.3. The Labute approximate surface area is 257 Å². The smallest absolute Gasteiger partial charge is 0.460 e. The van der Waals surface area contributed by atoms with E-state index in [0.29, 0.717) is 22.6 Å². The number of carbonyl (C=O) groups excluding carboxylic acids is 1. The molecule has 2 aromatic rings. The fraction of sp³-hybridized carbons (Fsp3) is 0.481. The van der Waals surface area contributed by atoms with Gasteiger partial charge in [-0.1, -0.05) is 18.2 Å². The molecule has 0 aliphatic carbocycles. The molecule has 1 amide bonds. The van der Waals surface area contributed by atoms with Crippen LogP contribution in [0.5, 0.6) is 11.5 Å². The lowest BCUT2D eigenvalue weighted by atomic mass is 10.1. The highest BCUT2D eigenvalue weighted by atomic mass is 19.4. The number of nitrogens with zero attached hydrogens (tertiary/aromatic N) is 1. The molecule has 0 radical (unpaired) electrons. The summed E-state index contributed by atoms with van der Waals surface area (Å²) in [6, 6.07) is 8.28. The van der Waals surface area contributed by atoms with Gasteiger partial charge in [0.1, 0.15) is 18.1 Å². The number of rotatable bonds is 16. The van der Waals surface area contributed by atoms with Gasteiger partial charge in [-0.25, -0.2) is 9.59 Å². The molecule has 20 heteroatoms. The molecule has 47 heavy (non-hydrogen) atoms. The predicted molar refractivity (Wildman–Crippen MR) is 135 cm³/mol. The minimum absolute atomic E-state index is 0.0306. The van der Waals surface area contributed by atoms with Gasteiger partial charge in [-0.15, -0.1) is 0 Å². The molecule has 0 aromatic heterocycles. The minimum atomic E-state index is -7.23. The number of amides is 1. The number of carbonyl (C=O) groups is 2. The van der Waals surface area contributed by atoms with Crippen molar-refractivity contribution < 1.29 is 86.3 Å². The zero-order valence-electron chi connectivity index (χ0n) is 23.8. The highest BCUT2D eigenvalue weighted by Gasteiger charge is 2.82. The van der Waals surface area contributed by atoms with Crippen LogP contribution in [0.25, 0.3) is 0 Å². The number of hydrogen-bond acceptors (Lipinski definition) is 6. The van der Waals surface area contributed by atoms with E-state index in [4.69, 9.17) is 14.2 Å². The molecule has 264 valence electrons. The van der Waals surface area contributed by atoms with E-state index in [1.165, 1.54) is 24.3 Å². The van der Waals surface area contributed by atoms with E-state index in [1.807, 2.05) is 0 Å². The largest absolute Gasteiger partial charge is 0.492 e. The van der Waals surface area contributed by atoms with Crippen LogP contribution >= 0.6 is 0 Å². The molecule has 0 spiro atoms. The quantitative estimate of drug-likeness (QED) is 0.187. The standard InChI is InChI=1S/C27H25F12NO7/c1-2-44-20(21(41)42)14-16-6-8-18(9-7-16)45-12-10-40(22(43)47-19-5-3-4-17(15-19)23(28,29)30)11-13-46-27(38,39)25(33,34)24(31,32)26(35,36)37/h3-9,15,20H,2,10-14H2,1H3,(H,41,42). The second kappa shape index (κ2) is 15.3. The van der Waals surface area contributed by atoms with Gasteiger partial charge in [0.2, 0.25) is 0 Å². The van der Waals surface area contributed by atoms with Crippen molar-refractivity contribution in [3.8, 4) is 11.5 Å². The first kappa shape index (κ1) is 39.2. The molecule has 0 aliphatic rings. The first-order valence-electron chi connectivity index (χ1n) is 13.1. The number of benzene rings is 2. The Morgan fingerprint density at radius 3 is 1.94 bits per heavy atom. The van der Waals surface area contributed by atoms with E-state index in [0.717, 1.165) is 12.1 Å². The highest BCUT2D eigenvalue weighted by molar-refractivity contribution is 5.72. The molecule has 1 N–H and O–H groups in total. The first-order valence-corrected chi connectivity index (χ1v) is 13.1. The molecule has 0 saturated heterocycles. The average Bonchev–Trinajstić information content (AvgIpc) is 2.95. The summed E-state index contributed by atoms with van der Waals surface area (Å²) in [5, 5.41) is 9.18. The lowest BCUT2D eigenvalue weighted by Gasteiger charge is -2.33. The summed E-state index contributed by atoms with van der Waals surface area (Å²) in [5.74, 6) is -16.2. The molecule has 0 heterocycles. The van der Waals surface area contributed by atoms with E-state index in [2.05, 4.69) is 4.74 Å². The summed E-state index contributed by atoms with van der Waals surface area (Å²) >= 11 is 0. The van der Waals surface area contributed by atoms with Gasteiger partial charge < -0.3 is 29.0 Å².